The van der Waals surface area contributed by atoms with Gasteiger partial charge >= 0.3 is 5.97 Å². The number of benzene rings is 1. The highest BCUT2D eigenvalue weighted by Crippen LogP contribution is 2.22. The zero-order valence-corrected chi connectivity index (χ0v) is 15.2. The quantitative estimate of drug-likeness (QED) is 0.365. The minimum Gasteiger partial charge on any atom is -0.463 e. The largest absolute Gasteiger partial charge is 0.463 e. The maximum Gasteiger partial charge on any atom is 0.302 e. The summed E-state index contributed by atoms with van der Waals surface area (Å²) >= 11 is 0. The van der Waals surface area contributed by atoms with Gasteiger partial charge in [-0.3, -0.25) is 19.3 Å². The lowest BCUT2D eigenvalue weighted by molar-refractivity contribution is -0.161. The third kappa shape index (κ3) is 4.91. The maximum atomic E-state index is 12.2. The molecule has 0 aromatic heterocycles. The van der Waals surface area contributed by atoms with Crippen molar-refractivity contribution in [2.24, 2.45) is 0 Å². The number of carbonyl (C=O) groups excluding carboxylic acids is 3. The first-order valence-electron chi connectivity index (χ1n) is 8.99. The Morgan fingerprint density at radius 3 is 2.48 bits per heavy atom. The molecule has 1 fully saturated rings. The molecule has 2 aliphatic heterocycles. The Balaban J connectivity index is 1.28. The lowest BCUT2D eigenvalue weighted by atomic mass is 10.1. The predicted octanol–water partition coefficient (Wildman–Crippen LogP) is 1.38. The molecule has 0 radical (unpaired) electrons. The molecule has 0 N–H and O–H groups in total. The molecule has 2 amide bonds. The van der Waals surface area contributed by atoms with E-state index in [0.717, 1.165) is 12.8 Å². The zero-order chi connectivity index (χ0) is 19.2. The lowest BCUT2D eigenvalue weighted by Crippen LogP contribution is -2.33. The maximum absolute atomic E-state index is 12.2. The van der Waals surface area contributed by atoms with Crippen LogP contribution in [-0.2, 0) is 23.7 Å². The smallest absolute Gasteiger partial charge is 0.302 e. The fourth-order valence-corrected chi connectivity index (χ4v) is 3.07. The molecule has 0 aliphatic carbocycles. The summed E-state index contributed by atoms with van der Waals surface area (Å²) in [6.07, 6.45) is 1.05. The fourth-order valence-electron chi connectivity index (χ4n) is 3.07. The third-order valence-corrected chi connectivity index (χ3v) is 4.41. The van der Waals surface area contributed by atoms with Crippen LogP contribution in [0.3, 0.4) is 0 Å². The van der Waals surface area contributed by atoms with E-state index in [1.807, 2.05) is 0 Å². The number of esters is 1. The predicted molar refractivity (Wildman–Crippen MR) is 93.1 cm³/mol. The first-order valence-corrected chi connectivity index (χ1v) is 8.99. The average Bonchev–Trinajstić information content (AvgIpc) is 3.21. The van der Waals surface area contributed by atoms with E-state index >= 15 is 0 Å². The van der Waals surface area contributed by atoms with Crippen LogP contribution in [-0.4, -0.2) is 68.0 Å². The highest BCUT2D eigenvalue weighted by Gasteiger charge is 2.34. The Bertz CT molecular complexity index is 670. The Labute approximate surface area is 157 Å². The molecule has 1 aromatic rings. The topological polar surface area (TPSA) is 91.4 Å². The van der Waals surface area contributed by atoms with Gasteiger partial charge in [-0.25, -0.2) is 0 Å². The van der Waals surface area contributed by atoms with Gasteiger partial charge in [0.15, 0.2) is 6.29 Å². The Morgan fingerprint density at radius 2 is 1.81 bits per heavy atom. The molecule has 27 heavy (non-hydrogen) atoms. The van der Waals surface area contributed by atoms with Gasteiger partial charge in [0.2, 0.25) is 0 Å². The zero-order valence-electron chi connectivity index (χ0n) is 15.2. The van der Waals surface area contributed by atoms with Crippen LogP contribution in [0.1, 0.15) is 40.5 Å². The van der Waals surface area contributed by atoms with Crippen molar-refractivity contribution in [2.75, 3.05) is 33.0 Å². The molecular formula is C19H23NO7. The van der Waals surface area contributed by atoms with E-state index in [9.17, 15) is 14.4 Å². The number of hydrogen-bond donors (Lipinski definition) is 0. The Hall–Kier alpha value is -2.29. The molecule has 3 rings (SSSR count). The van der Waals surface area contributed by atoms with Gasteiger partial charge in [0.1, 0.15) is 6.61 Å². The molecule has 0 spiro atoms. The average molecular weight is 377 g/mol. The summed E-state index contributed by atoms with van der Waals surface area (Å²) in [7, 11) is 0. The van der Waals surface area contributed by atoms with Crippen molar-refractivity contribution >= 4 is 17.8 Å². The minimum atomic E-state index is -0.328. The number of fused-ring (bicyclic) bond motifs is 1. The van der Waals surface area contributed by atoms with Gasteiger partial charge in [0, 0.05) is 13.3 Å². The molecule has 2 atom stereocenters. The van der Waals surface area contributed by atoms with Gasteiger partial charge in [-0.05, 0) is 18.6 Å². The molecule has 8 heteroatoms. The van der Waals surface area contributed by atoms with Crippen LogP contribution in [0.4, 0.5) is 0 Å². The van der Waals surface area contributed by atoms with Gasteiger partial charge < -0.3 is 18.9 Å². The van der Waals surface area contributed by atoms with Gasteiger partial charge in [-0.2, -0.15) is 0 Å². The summed E-state index contributed by atoms with van der Waals surface area (Å²) in [5.41, 5.74) is 0.875. The van der Waals surface area contributed by atoms with Crippen LogP contribution in [0.5, 0.6) is 0 Å². The van der Waals surface area contributed by atoms with E-state index in [2.05, 4.69) is 0 Å². The molecule has 8 nitrogen and oxygen atoms in total. The van der Waals surface area contributed by atoms with Crippen molar-refractivity contribution in [3.8, 4) is 0 Å². The molecule has 0 saturated carbocycles. The number of nitrogens with zero attached hydrogens (tertiary/aromatic N) is 1. The minimum absolute atomic E-state index is 0.131. The number of rotatable bonds is 9. The number of ether oxygens (including phenoxy) is 4. The molecule has 1 saturated heterocycles. The summed E-state index contributed by atoms with van der Waals surface area (Å²) in [5, 5.41) is 0. The number of hydrogen-bond acceptors (Lipinski definition) is 7. The van der Waals surface area contributed by atoms with Gasteiger partial charge in [0.25, 0.3) is 11.8 Å². The highest BCUT2D eigenvalue weighted by atomic mass is 16.7. The molecule has 0 unspecified atom stereocenters. The summed E-state index contributed by atoms with van der Waals surface area (Å²) in [5.74, 6) is -0.892. The van der Waals surface area contributed by atoms with Crippen LogP contribution < -0.4 is 0 Å². The Morgan fingerprint density at radius 1 is 1.11 bits per heavy atom. The van der Waals surface area contributed by atoms with Crippen LogP contribution in [0.15, 0.2) is 24.3 Å². The fraction of sp³-hybridized carbons (Fsp3) is 0.526. The van der Waals surface area contributed by atoms with E-state index in [4.69, 9.17) is 18.9 Å². The number of amides is 2. The van der Waals surface area contributed by atoms with E-state index in [1.165, 1.54) is 11.8 Å². The van der Waals surface area contributed by atoms with Gasteiger partial charge in [0.05, 0.1) is 43.6 Å². The number of imide groups is 1. The second-order valence-electron chi connectivity index (χ2n) is 6.36. The van der Waals surface area contributed by atoms with Crippen LogP contribution in [0, 0.1) is 0 Å². The Kier molecular flexibility index (Phi) is 6.54. The van der Waals surface area contributed by atoms with Crippen LogP contribution >= 0.6 is 0 Å². The van der Waals surface area contributed by atoms with Gasteiger partial charge in [-0.15, -0.1) is 0 Å². The highest BCUT2D eigenvalue weighted by molar-refractivity contribution is 6.21. The first-order chi connectivity index (χ1) is 13.1. The third-order valence-electron chi connectivity index (χ3n) is 4.41. The molecule has 146 valence electrons. The van der Waals surface area contributed by atoms with Crippen LogP contribution in [0.2, 0.25) is 0 Å². The van der Waals surface area contributed by atoms with Gasteiger partial charge in [-0.1, -0.05) is 12.1 Å². The molecule has 2 aliphatic rings. The van der Waals surface area contributed by atoms with Crippen LogP contribution in [0.25, 0.3) is 0 Å². The normalized spacial score (nSPS) is 21.6. The van der Waals surface area contributed by atoms with Crippen molar-refractivity contribution in [3.63, 3.8) is 0 Å². The van der Waals surface area contributed by atoms with Crippen molar-refractivity contribution in [3.05, 3.63) is 35.4 Å². The number of carbonyl (C=O) groups is 3. The lowest BCUT2D eigenvalue weighted by Gasteiger charge is -2.15. The van der Waals surface area contributed by atoms with E-state index in [-0.39, 0.29) is 49.9 Å². The van der Waals surface area contributed by atoms with Crippen molar-refractivity contribution in [1.29, 1.82) is 0 Å². The van der Waals surface area contributed by atoms with E-state index in [0.29, 0.717) is 24.3 Å². The summed E-state index contributed by atoms with van der Waals surface area (Å²) in [6, 6.07) is 6.79. The second kappa shape index (κ2) is 9.07. The first kappa shape index (κ1) is 19.5. The van der Waals surface area contributed by atoms with Crippen molar-refractivity contribution in [2.45, 2.75) is 32.2 Å². The monoisotopic (exact) mass is 377 g/mol. The van der Waals surface area contributed by atoms with E-state index in [1.54, 1.807) is 24.3 Å². The molecule has 0 bridgehead atoms. The standard InChI is InChI=1S/C19H23NO7/c1-13(21)26-12-14-6-7-17(27-14)25-11-10-24-9-8-20-18(22)15-4-2-3-5-16(15)19(20)23/h2-5,14,17H,6-12H2,1H3/t14-,17+/m0/s1. The SMILES string of the molecule is CC(=O)OC[C@@H]1CC[C@H](OCCOCCN2C(=O)c3ccccc3C2=O)O1. The van der Waals surface area contributed by atoms with Crippen molar-refractivity contribution in [1.82, 2.24) is 4.90 Å². The molecule has 1 aromatic carbocycles. The molecular weight excluding hydrogens is 354 g/mol. The summed E-state index contributed by atoms with van der Waals surface area (Å²) < 4.78 is 21.6. The van der Waals surface area contributed by atoms with Crippen molar-refractivity contribution < 1.29 is 33.3 Å². The summed E-state index contributed by atoms with van der Waals surface area (Å²) in [4.78, 5) is 36.4. The molecule has 2 heterocycles. The summed E-state index contributed by atoms with van der Waals surface area (Å²) in [6.45, 7) is 2.73. The van der Waals surface area contributed by atoms with E-state index < -0.39 is 0 Å². The second-order valence-corrected chi connectivity index (χ2v) is 6.36.